The maximum Gasteiger partial charge on any atom is 0.408 e. The Labute approximate surface area is 208 Å². The van der Waals surface area contributed by atoms with E-state index in [0.717, 1.165) is 6.21 Å². The fraction of sp³-hybridized carbons (Fsp3) is 0.261. The molecule has 0 aliphatic rings. The average Bonchev–Trinajstić information content (AvgIpc) is 3.37. The van der Waals surface area contributed by atoms with E-state index in [-0.39, 0.29) is 0 Å². The molecule has 0 aliphatic heterocycles. The molecule has 2 aromatic carbocycles. The molecule has 0 saturated heterocycles. The first-order chi connectivity index (χ1) is 16.7. The summed E-state index contributed by atoms with van der Waals surface area (Å²) in [7, 11) is 4.10. The van der Waals surface area contributed by atoms with Gasteiger partial charge in [-0.05, 0) is 51.8 Å². The lowest BCUT2D eigenvalue weighted by Gasteiger charge is -2.24. The molecule has 1 unspecified atom stereocenters. The molecule has 0 aliphatic carbocycles. The molecule has 0 radical (unpaired) electrons. The number of hydrogen-bond donors (Lipinski definition) is 0. The van der Waals surface area contributed by atoms with Crippen LogP contribution in [-0.4, -0.2) is 61.0 Å². The minimum atomic E-state index is -4.69. The topological polar surface area (TPSA) is 78.2 Å². The van der Waals surface area contributed by atoms with Crippen LogP contribution >= 0.6 is 15.9 Å². The summed E-state index contributed by atoms with van der Waals surface area (Å²) in [5.74, 6) is -0.220. The zero-order valence-electron chi connectivity index (χ0n) is 19.0. The first kappa shape index (κ1) is 26.2. The predicted octanol–water partition coefficient (Wildman–Crippen LogP) is 4.76. The molecule has 1 amide bonds. The number of alkyl halides is 3. The van der Waals surface area contributed by atoms with Gasteiger partial charge in [0.15, 0.2) is 6.10 Å². The molecule has 1 aromatic heterocycles. The Morgan fingerprint density at radius 2 is 1.80 bits per heavy atom. The first-order valence-corrected chi connectivity index (χ1v) is 10.9. The smallest absolute Gasteiger partial charge is 0.408 e. The molecule has 3 aromatic rings. The second-order valence-corrected chi connectivity index (χ2v) is 7.95. The van der Waals surface area contributed by atoms with Crippen molar-refractivity contribution in [3.8, 4) is 17.2 Å². The third kappa shape index (κ3) is 6.61. The molecule has 1 heterocycles. The molecule has 0 N–H and O–H groups in total. The summed E-state index contributed by atoms with van der Waals surface area (Å²) in [5, 5.41) is 8.27. The molecule has 186 valence electrons. The van der Waals surface area contributed by atoms with Gasteiger partial charge in [0.05, 0.1) is 26.1 Å². The van der Waals surface area contributed by atoms with Gasteiger partial charge in [-0.15, -0.1) is 0 Å². The number of aromatic nitrogens is 2. The molecule has 1 atom stereocenters. The van der Waals surface area contributed by atoms with E-state index < -0.39 is 24.7 Å². The monoisotopic (exact) mass is 554 g/mol. The standard InChI is InChI=1S/C23H22BrF3N4O4/c1-33-18-11-15(12-19(34-2)20(18)24)13-29-31(14-23(25,26)27)22(32)21(35-3)16-5-7-17(8-6-16)30-10-4-9-28-30/h4-13,21H,14H2,1-3H3. The van der Waals surface area contributed by atoms with E-state index >= 15 is 0 Å². The molecule has 0 bridgehead atoms. The number of hydrazone groups is 1. The van der Waals surface area contributed by atoms with Gasteiger partial charge in [-0.3, -0.25) is 4.79 Å². The summed E-state index contributed by atoms with van der Waals surface area (Å²) in [6.07, 6.45) is -1.53. The maximum absolute atomic E-state index is 13.3. The number of ether oxygens (including phenoxy) is 3. The van der Waals surface area contributed by atoms with Gasteiger partial charge >= 0.3 is 6.18 Å². The van der Waals surface area contributed by atoms with Crippen LogP contribution in [0.25, 0.3) is 5.69 Å². The Morgan fingerprint density at radius 1 is 1.17 bits per heavy atom. The summed E-state index contributed by atoms with van der Waals surface area (Å²) < 4.78 is 57.8. The van der Waals surface area contributed by atoms with E-state index in [1.807, 2.05) is 0 Å². The number of rotatable bonds is 9. The van der Waals surface area contributed by atoms with Crippen molar-refractivity contribution < 1.29 is 32.2 Å². The van der Waals surface area contributed by atoms with E-state index in [4.69, 9.17) is 14.2 Å². The first-order valence-electron chi connectivity index (χ1n) is 10.1. The van der Waals surface area contributed by atoms with Crippen LogP contribution in [0.4, 0.5) is 13.2 Å². The number of methoxy groups -OCH3 is 3. The maximum atomic E-state index is 13.3. The van der Waals surface area contributed by atoms with Gasteiger partial charge in [0.2, 0.25) is 0 Å². The lowest BCUT2D eigenvalue weighted by Crippen LogP contribution is -2.38. The van der Waals surface area contributed by atoms with Gasteiger partial charge in [-0.25, -0.2) is 9.69 Å². The van der Waals surface area contributed by atoms with E-state index in [1.165, 1.54) is 33.5 Å². The summed E-state index contributed by atoms with van der Waals surface area (Å²) in [5.41, 5.74) is 1.44. The minimum Gasteiger partial charge on any atom is -0.495 e. The molecule has 0 spiro atoms. The van der Waals surface area contributed by atoms with Crippen LogP contribution in [0.2, 0.25) is 0 Å². The third-order valence-electron chi connectivity index (χ3n) is 4.82. The lowest BCUT2D eigenvalue weighted by molar-refractivity contribution is -0.167. The van der Waals surface area contributed by atoms with Crippen LogP contribution in [0.1, 0.15) is 17.2 Å². The van der Waals surface area contributed by atoms with E-state index in [0.29, 0.717) is 37.8 Å². The van der Waals surface area contributed by atoms with Crippen LogP contribution in [0.5, 0.6) is 11.5 Å². The van der Waals surface area contributed by atoms with Crippen molar-refractivity contribution >= 4 is 28.1 Å². The summed E-state index contributed by atoms with van der Waals surface area (Å²) >= 11 is 3.32. The number of carbonyl (C=O) groups is 1. The third-order valence-corrected chi connectivity index (χ3v) is 5.60. The Bertz CT molecular complexity index is 1140. The largest absolute Gasteiger partial charge is 0.495 e. The van der Waals surface area contributed by atoms with Gasteiger partial charge in [-0.1, -0.05) is 12.1 Å². The zero-order valence-corrected chi connectivity index (χ0v) is 20.6. The van der Waals surface area contributed by atoms with Crippen LogP contribution in [0.3, 0.4) is 0 Å². The normalized spacial score (nSPS) is 12.5. The molecule has 0 saturated carbocycles. The highest BCUT2D eigenvalue weighted by molar-refractivity contribution is 9.10. The average molecular weight is 555 g/mol. The molecule has 3 rings (SSSR count). The SMILES string of the molecule is COc1cc(C=NN(CC(F)(F)F)C(=O)C(OC)c2ccc(-n3cccn3)cc2)cc(OC)c1Br. The lowest BCUT2D eigenvalue weighted by atomic mass is 10.1. The molecular formula is C23H22BrF3N4O4. The number of nitrogens with zero attached hydrogens (tertiary/aromatic N) is 4. The summed E-state index contributed by atoms with van der Waals surface area (Å²) in [4.78, 5) is 13.1. The van der Waals surface area contributed by atoms with Crippen molar-refractivity contribution in [3.63, 3.8) is 0 Å². The predicted molar refractivity (Wildman–Crippen MR) is 126 cm³/mol. The fourth-order valence-corrected chi connectivity index (χ4v) is 3.74. The van der Waals surface area contributed by atoms with E-state index in [9.17, 15) is 18.0 Å². The van der Waals surface area contributed by atoms with Crippen LogP contribution in [0, 0.1) is 0 Å². The minimum absolute atomic E-state index is 0.330. The quantitative estimate of drug-likeness (QED) is 0.281. The Morgan fingerprint density at radius 3 is 2.29 bits per heavy atom. The Balaban J connectivity index is 1.90. The second kappa shape index (κ2) is 11.4. The van der Waals surface area contributed by atoms with Crippen molar-refractivity contribution in [1.82, 2.24) is 14.8 Å². The number of carbonyl (C=O) groups excluding carboxylic acids is 1. The van der Waals surface area contributed by atoms with E-state index in [2.05, 4.69) is 26.1 Å². The van der Waals surface area contributed by atoms with Crippen molar-refractivity contribution in [2.45, 2.75) is 12.3 Å². The van der Waals surface area contributed by atoms with Crippen molar-refractivity contribution in [2.24, 2.45) is 5.10 Å². The Kier molecular flexibility index (Phi) is 8.52. The van der Waals surface area contributed by atoms with Gasteiger partial charge in [0.1, 0.15) is 22.5 Å². The fourth-order valence-electron chi connectivity index (χ4n) is 3.18. The highest BCUT2D eigenvalue weighted by Gasteiger charge is 2.36. The van der Waals surface area contributed by atoms with Gasteiger partial charge in [0, 0.05) is 25.1 Å². The number of halogens is 4. The molecular weight excluding hydrogens is 533 g/mol. The second-order valence-electron chi connectivity index (χ2n) is 7.15. The molecule has 8 nitrogen and oxygen atoms in total. The van der Waals surface area contributed by atoms with Crippen molar-refractivity contribution in [3.05, 3.63) is 70.5 Å². The van der Waals surface area contributed by atoms with Crippen LogP contribution < -0.4 is 9.47 Å². The number of hydrogen-bond acceptors (Lipinski definition) is 6. The summed E-state index contributed by atoms with van der Waals surface area (Å²) in [6.45, 7) is -1.60. The number of benzene rings is 2. The van der Waals surface area contributed by atoms with Gasteiger partial charge < -0.3 is 14.2 Å². The van der Waals surface area contributed by atoms with Crippen molar-refractivity contribution in [1.29, 1.82) is 0 Å². The number of amides is 1. The summed E-state index contributed by atoms with van der Waals surface area (Å²) in [6, 6.07) is 11.4. The highest BCUT2D eigenvalue weighted by Crippen LogP contribution is 2.35. The van der Waals surface area contributed by atoms with Crippen LogP contribution in [0.15, 0.2) is 64.4 Å². The zero-order chi connectivity index (χ0) is 25.6. The van der Waals surface area contributed by atoms with E-state index in [1.54, 1.807) is 47.4 Å². The van der Waals surface area contributed by atoms with Gasteiger partial charge in [0.25, 0.3) is 5.91 Å². The Hall–Kier alpha value is -3.38. The molecule has 12 heteroatoms. The van der Waals surface area contributed by atoms with Crippen molar-refractivity contribution in [2.75, 3.05) is 27.9 Å². The van der Waals surface area contributed by atoms with Crippen LogP contribution in [-0.2, 0) is 9.53 Å². The highest BCUT2D eigenvalue weighted by atomic mass is 79.9. The van der Waals surface area contributed by atoms with Gasteiger partial charge in [-0.2, -0.15) is 23.4 Å². The molecule has 35 heavy (non-hydrogen) atoms. The molecule has 0 fully saturated rings.